The van der Waals surface area contributed by atoms with Crippen LogP contribution >= 0.6 is 0 Å². The molecule has 1 aliphatic rings. The highest BCUT2D eigenvalue weighted by Gasteiger charge is 2.24. The molecule has 0 spiro atoms. The molecule has 1 aliphatic heterocycles. The van der Waals surface area contributed by atoms with Crippen molar-refractivity contribution in [1.29, 1.82) is 0 Å². The summed E-state index contributed by atoms with van der Waals surface area (Å²) < 4.78 is 5.26. The molecule has 1 fully saturated rings. The fraction of sp³-hybridized carbons (Fsp3) is 0.455. The van der Waals surface area contributed by atoms with E-state index in [1.807, 2.05) is 35.2 Å². The number of benzene rings is 1. The predicted molar refractivity (Wildman–Crippen MR) is 108 cm³/mol. The van der Waals surface area contributed by atoms with Gasteiger partial charge in [-0.05, 0) is 43.4 Å². The molecule has 0 aliphatic carbocycles. The van der Waals surface area contributed by atoms with Crippen LogP contribution in [0.5, 0.6) is 0 Å². The number of amides is 1. The van der Waals surface area contributed by atoms with Gasteiger partial charge in [-0.25, -0.2) is 4.98 Å². The molecule has 1 atom stereocenters. The largest absolute Gasteiger partial charge is 0.384 e. The maximum atomic E-state index is 12.8. The van der Waals surface area contributed by atoms with Crippen molar-refractivity contribution in [3.63, 3.8) is 0 Å². The summed E-state index contributed by atoms with van der Waals surface area (Å²) in [6.07, 6.45) is 3.87. The smallest absolute Gasteiger partial charge is 0.255 e. The fourth-order valence-corrected chi connectivity index (χ4v) is 3.66. The maximum Gasteiger partial charge on any atom is 0.255 e. The molecule has 2 aromatic rings. The van der Waals surface area contributed by atoms with Gasteiger partial charge in [-0.2, -0.15) is 0 Å². The number of likely N-dealkylation sites (tertiary alicyclic amines) is 1. The topological polar surface area (TPSA) is 45.7 Å². The van der Waals surface area contributed by atoms with Gasteiger partial charge in [0.05, 0.1) is 12.2 Å². The van der Waals surface area contributed by atoms with Crippen molar-refractivity contribution in [2.24, 2.45) is 5.92 Å². The molecule has 2 heterocycles. The van der Waals surface area contributed by atoms with E-state index in [1.165, 1.54) is 5.56 Å². The Kier molecular flexibility index (Phi) is 6.82. The van der Waals surface area contributed by atoms with Gasteiger partial charge in [0.2, 0.25) is 0 Å². The van der Waals surface area contributed by atoms with Gasteiger partial charge in [-0.15, -0.1) is 0 Å². The number of anilines is 1. The third kappa shape index (κ3) is 5.07. The Labute approximate surface area is 162 Å². The second-order valence-electron chi connectivity index (χ2n) is 7.12. The van der Waals surface area contributed by atoms with E-state index in [2.05, 4.69) is 28.9 Å². The Morgan fingerprint density at radius 1 is 1.26 bits per heavy atom. The number of rotatable bonds is 7. The fourth-order valence-electron chi connectivity index (χ4n) is 3.66. The molecule has 3 rings (SSSR count). The molecule has 1 amide bonds. The number of piperidine rings is 1. The van der Waals surface area contributed by atoms with Crippen molar-refractivity contribution in [3.8, 4) is 0 Å². The first kappa shape index (κ1) is 19.4. The Morgan fingerprint density at radius 3 is 2.74 bits per heavy atom. The zero-order chi connectivity index (χ0) is 19.1. The van der Waals surface area contributed by atoms with Gasteiger partial charge in [0.1, 0.15) is 5.82 Å². The minimum atomic E-state index is 0.0703. The lowest BCUT2D eigenvalue weighted by atomic mass is 9.98. The third-order valence-electron chi connectivity index (χ3n) is 5.13. The second-order valence-corrected chi connectivity index (χ2v) is 7.12. The Morgan fingerprint density at radius 2 is 2.07 bits per heavy atom. The number of ether oxygens (including phenoxy) is 1. The zero-order valence-corrected chi connectivity index (χ0v) is 16.3. The van der Waals surface area contributed by atoms with Gasteiger partial charge >= 0.3 is 0 Å². The quantitative estimate of drug-likeness (QED) is 0.750. The Hall–Kier alpha value is -2.40. The van der Waals surface area contributed by atoms with Crippen LogP contribution in [0.15, 0.2) is 48.7 Å². The summed E-state index contributed by atoms with van der Waals surface area (Å²) >= 11 is 0. The molecule has 1 aromatic heterocycles. The van der Waals surface area contributed by atoms with E-state index in [9.17, 15) is 4.79 Å². The van der Waals surface area contributed by atoms with Gasteiger partial charge in [-0.1, -0.05) is 30.3 Å². The lowest BCUT2D eigenvalue weighted by molar-refractivity contribution is 0.0570. The van der Waals surface area contributed by atoms with Gasteiger partial charge in [-0.3, -0.25) is 4.79 Å². The molecular formula is C22H29N3O2. The first-order valence-corrected chi connectivity index (χ1v) is 9.74. The van der Waals surface area contributed by atoms with E-state index < -0.39 is 0 Å². The van der Waals surface area contributed by atoms with Crippen LogP contribution in [-0.4, -0.2) is 49.1 Å². The minimum Gasteiger partial charge on any atom is -0.384 e. The van der Waals surface area contributed by atoms with E-state index in [-0.39, 0.29) is 5.91 Å². The number of pyridine rings is 1. The van der Waals surface area contributed by atoms with Crippen molar-refractivity contribution < 1.29 is 9.53 Å². The molecule has 5 nitrogen and oxygen atoms in total. The number of aromatic nitrogens is 1. The highest BCUT2D eigenvalue weighted by atomic mass is 16.5. The van der Waals surface area contributed by atoms with Crippen molar-refractivity contribution in [3.05, 3.63) is 59.8 Å². The van der Waals surface area contributed by atoms with Gasteiger partial charge in [0, 0.05) is 39.5 Å². The summed E-state index contributed by atoms with van der Waals surface area (Å²) in [5.41, 5.74) is 1.91. The molecule has 1 aromatic carbocycles. The molecule has 144 valence electrons. The first-order valence-electron chi connectivity index (χ1n) is 9.74. The number of carbonyl (C=O) groups is 1. The molecule has 0 N–H and O–H groups in total. The molecule has 0 saturated carbocycles. The normalized spacial score (nSPS) is 17.0. The number of methoxy groups -OCH3 is 1. The van der Waals surface area contributed by atoms with Gasteiger partial charge < -0.3 is 14.5 Å². The molecule has 1 unspecified atom stereocenters. The Bertz CT molecular complexity index is 716. The van der Waals surface area contributed by atoms with Crippen LogP contribution in [0.25, 0.3) is 0 Å². The standard InChI is InChI=1S/C22H29N3O2/c1-3-24(15-18-8-5-4-6-9-18)21-12-11-20(14-23-21)22(26)25-13-7-10-19(16-25)17-27-2/h4-6,8-9,11-12,14,19H,3,7,10,13,15-17H2,1-2H3. The minimum absolute atomic E-state index is 0.0703. The lowest BCUT2D eigenvalue weighted by Crippen LogP contribution is -2.41. The maximum absolute atomic E-state index is 12.8. The zero-order valence-electron chi connectivity index (χ0n) is 16.3. The van der Waals surface area contributed by atoms with Crippen LogP contribution in [0, 0.1) is 5.92 Å². The lowest BCUT2D eigenvalue weighted by Gasteiger charge is -2.32. The van der Waals surface area contributed by atoms with Crippen LogP contribution in [0.4, 0.5) is 5.82 Å². The van der Waals surface area contributed by atoms with E-state index in [0.29, 0.717) is 18.1 Å². The van der Waals surface area contributed by atoms with Crippen molar-refractivity contribution in [2.75, 3.05) is 38.3 Å². The highest BCUT2D eigenvalue weighted by Crippen LogP contribution is 2.20. The summed E-state index contributed by atoms with van der Waals surface area (Å²) in [5, 5.41) is 0. The van der Waals surface area contributed by atoms with Crippen molar-refractivity contribution in [1.82, 2.24) is 9.88 Å². The van der Waals surface area contributed by atoms with E-state index in [1.54, 1.807) is 13.3 Å². The highest BCUT2D eigenvalue weighted by molar-refractivity contribution is 5.94. The monoisotopic (exact) mass is 367 g/mol. The molecule has 0 bridgehead atoms. The number of carbonyl (C=O) groups excluding carboxylic acids is 1. The summed E-state index contributed by atoms with van der Waals surface area (Å²) in [6.45, 7) is 6.08. The average molecular weight is 367 g/mol. The van der Waals surface area contributed by atoms with E-state index >= 15 is 0 Å². The van der Waals surface area contributed by atoms with Crippen LogP contribution in [0.2, 0.25) is 0 Å². The summed E-state index contributed by atoms with van der Waals surface area (Å²) in [6, 6.07) is 14.2. The molecule has 27 heavy (non-hydrogen) atoms. The van der Waals surface area contributed by atoms with Crippen LogP contribution in [0.3, 0.4) is 0 Å². The van der Waals surface area contributed by atoms with Crippen LogP contribution in [0.1, 0.15) is 35.7 Å². The van der Waals surface area contributed by atoms with Crippen LogP contribution in [-0.2, 0) is 11.3 Å². The first-order chi connectivity index (χ1) is 13.2. The third-order valence-corrected chi connectivity index (χ3v) is 5.13. The van der Waals surface area contributed by atoms with Gasteiger partial charge in [0.25, 0.3) is 5.91 Å². The van der Waals surface area contributed by atoms with E-state index in [4.69, 9.17) is 4.74 Å². The Balaban J connectivity index is 1.66. The summed E-state index contributed by atoms with van der Waals surface area (Å²) in [5.74, 6) is 1.40. The van der Waals surface area contributed by atoms with Gasteiger partial charge in [0.15, 0.2) is 0 Å². The summed E-state index contributed by atoms with van der Waals surface area (Å²) in [7, 11) is 1.72. The summed E-state index contributed by atoms with van der Waals surface area (Å²) in [4.78, 5) is 21.5. The molecule has 1 saturated heterocycles. The van der Waals surface area contributed by atoms with Crippen molar-refractivity contribution >= 4 is 11.7 Å². The molecular weight excluding hydrogens is 338 g/mol. The van der Waals surface area contributed by atoms with Crippen molar-refractivity contribution in [2.45, 2.75) is 26.3 Å². The van der Waals surface area contributed by atoms with E-state index in [0.717, 1.165) is 44.8 Å². The average Bonchev–Trinajstić information content (AvgIpc) is 2.73. The SMILES string of the molecule is CCN(Cc1ccccc1)c1ccc(C(=O)N2CCCC(COC)C2)cn1. The number of hydrogen-bond donors (Lipinski definition) is 0. The molecule has 0 radical (unpaired) electrons. The van der Waals surface area contributed by atoms with Crippen LogP contribution < -0.4 is 4.90 Å². The second kappa shape index (κ2) is 9.51. The number of hydrogen-bond acceptors (Lipinski definition) is 4. The predicted octanol–water partition coefficient (Wildman–Crippen LogP) is 3.61. The molecule has 5 heteroatoms. The number of nitrogens with zero attached hydrogens (tertiary/aromatic N) is 3.